The van der Waals surface area contributed by atoms with Crippen LogP contribution in [0, 0.1) is 0 Å². The Bertz CT molecular complexity index is 486. The Kier molecular flexibility index (Phi) is 3.38. The maximum atomic E-state index is 11.5. The molecule has 0 amide bonds. The molecule has 0 aliphatic heterocycles. The molecule has 1 aliphatic rings. The third kappa shape index (κ3) is 2.44. The summed E-state index contributed by atoms with van der Waals surface area (Å²) in [5.41, 5.74) is 2.95. The van der Waals surface area contributed by atoms with Crippen LogP contribution >= 0.6 is 0 Å². The molecule has 2 rings (SSSR count). The Labute approximate surface area is 100 Å². The molecule has 17 heavy (non-hydrogen) atoms. The molecule has 1 aromatic rings. The van der Waals surface area contributed by atoms with Gasteiger partial charge in [-0.25, -0.2) is 0 Å². The summed E-state index contributed by atoms with van der Waals surface area (Å²) in [6.45, 7) is 0. The lowest BCUT2D eigenvalue weighted by molar-refractivity contribution is -0.139. The lowest BCUT2D eigenvalue weighted by atomic mass is 10.0. The molecule has 0 bridgehead atoms. The minimum Gasteiger partial charge on any atom is -0.469 e. The van der Waals surface area contributed by atoms with Crippen LogP contribution in [0.5, 0.6) is 0 Å². The summed E-state index contributed by atoms with van der Waals surface area (Å²) in [6.07, 6.45) is 5.30. The van der Waals surface area contributed by atoms with Gasteiger partial charge in [0.05, 0.1) is 13.5 Å². The molecule has 0 heterocycles. The molecule has 88 valence electrons. The molecule has 0 radical (unpaired) electrons. The fraction of sp³-hybridized carbons (Fsp3) is 0.286. The molecule has 0 fully saturated rings. The number of carbonyl (C=O) groups excluding carboxylic acids is 2. The summed E-state index contributed by atoms with van der Waals surface area (Å²) in [6, 6.07) is 5.70. The normalized spacial score (nSPS) is 14.1. The highest BCUT2D eigenvalue weighted by atomic mass is 16.5. The number of fused-ring (bicyclic) bond motifs is 1. The fourth-order valence-electron chi connectivity index (χ4n) is 2.04. The number of ether oxygens (including phenoxy) is 1. The highest BCUT2D eigenvalue weighted by Crippen LogP contribution is 2.26. The number of carbonyl (C=O) groups is 2. The first-order chi connectivity index (χ1) is 8.22. The second kappa shape index (κ2) is 4.95. The van der Waals surface area contributed by atoms with E-state index in [2.05, 4.69) is 4.74 Å². The quantitative estimate of drug-likeness (QED) is 0.749. The number of hydrogen-bond donors (Lipinski definition) is 0. The predicted octanol–water partition coefficient (Wildman–Crippen LogP) is 2.39. The first-order valence-corrected chi connectivity index (χ1v) is 5.61. The molecular weight excluding hydrogens is 216 g/mol. The minimum absolute atomic E-state index is 0.211. The van der Waals surface area contributed by atoms with Crippen molar-refractivity contribution in [2.75, 3.05) is 7.11 Å². The number of hydrogen-bond acceptors (Lipinski definition) is 3. The Morgan fingerprint density at radius 1 is 1.41 bits per heavy atom. The van der Waals surface area contributed by atoms with Crippen molar-refractivity contribution >= 4 is 17.8 Å². The van der Waals surface area contributed by atoms with Gasteiger partial charge in [0, 0.05) is 12.0 Å². The van der Waals surface area contributed by atoms with Crippen LogP contribution in [-0.2, 0) is 16.0 Å². The van der Waals surface area contributed by atoms with Gasteiger partial charge < -0.3 is 4.74 Å². The number of Topliss-reactive ketones (excluding diaryl/α,β-unsaturated/α-hetero) is 1. The van der Waals surface area contributed by atoms with E-state index in [1.54, 1.807) is 6.08 Å². The summed E-state index contributed by atoms with van der Waals surface area (Å²) < 4.78 is 4.55. The van der Waals surface area contributed by atoms with Crippen LogP contribution in [0.15, 0.2) is 24.3 Å². The van der Waals surface area contributed by atoms with Gasteiger partial charge in [-0.2, -0.15) is 0 Å². The van der Waals surface area contributed by atoms with E-state index in [0.29, 0.717) is 6.42 Å². The Morgan fingerprint density at radius 2 is 2.24 bits per heavy atom. The molecule has 3 nitrogen and oxygen atoms in total. The van der Waals surface area contributed by atoms with Crippen LogP contribution in [0.1, 0.15) is 34.3 Å². The molecular formula is C14H14O3. The highest BCUT2D eigenvalue weighted by Gasteiger charge is 2.20. The van der Waals surface area contributed by atoms with Crippen molar-refractivity contribution < 1.29 is 14.3 Å². The lowest BCUT2D eigenvalue weighted by Crippen LogP contribution is -1.97. The summed E-state index contributed by atoms with van der Waals surface area (Å²) in [4.78, 5) is 22.5. The van der Waals surface area contributed by atoms with Crippen molar-refractivity contribution in [2.45, 2.75) is 19.3 Å². The lowest BCUT2D eigenvalue weighted by Gasteiger charge is -2.02. The fourth-order valence-corrected chi connectivity index (χ4v) is 2.04. The maximum Gasteiger partial charge on any atom is 0.309 e. The number of rotatable bonds is 3. The van der Waals surface area contributed by atoms with Gasteiger partial charge in [-0.15, -0.1) is 0 Å². The molecule has 0 saturated heterocycles. The van der Waals surface area contributed by atoms with Crippen LogP contribution in [0.2, 0.25) is 0 Å². The largest absolute Gasteiger partial charge is 0.469 e. The Morgan fingerprint density at radius 3 is 3.00 bits per heavy atom. The van der Waals surface area contributed by atoms with Gasteiger partial charge in [-0.1, -0.05) is 30.4 Å². The number of esters is 1. The number of methoxy groups -OCH3 is 1. The highest BCUT2D eigenvalue weighted by molar-refractivity contribution is 6.01. The molecule has 0 saturated carbocycles. The zero-order valence-electron chi connectivity index (χ0n) is 9.73. The summed E-state index contributed by atoms with van der Waals surface area (Å²) in [5, 5.41) is 0. The van der Waals surface area contributed by atoms with E-state index in [0.717, 1.165) is 23.1 Å². The van der Waals surface area contributed by atoms with Crippen LogP contribution < -0.4 is 0 Å². The van der Waals surface area contributed by atoms with Crippen LogP contribution in [0.4, 0.5) is 0 Å². The van der Waals surface area contributed by atoms with Gasteiger partial charge in [-0.05, 0) is 17.5 Å². The van der Waals surface area contributed by atoms with Crippen LogP contribution in [0.3, 0.4) is 0 Å². The topological polar surface area (TPSA) is 43.4 Å². The number of ketones is 1. The first kappa shape index (κ1) is 11.6. The number of benzene rings is 1. The third-order valence-corrected chi connectivity index (χ3v) is 2.92. The van der Waals surface area contributed by atoms with E-state index in [1.807, 2.05) is 24.3 Å². The third-order valence-electron chi connectivity index (χ3n) is 2.92. The van der Waals surface area contributed by atoms with E-state index >= 15 is 0 Å². The summed E-state index contributed by atoms with van der Waals surface area (Å²) in [5.74, 6) is -0.0480. The Balaban J connectivity index is 2.18. The van der Waals surface area contributed by atoms with Crippen molar-refractivity contribution in [3.8, 4) is 0 Å². The van der Waals surface area contributed by atoms with E-state index in [9.17, 15) is 9.59 Å². The van der Waals surface area contributed by atoms with Crippen molar-refractivity contribution in [1.82, 2.24) is 0 Å². The molecule has 0 unspecified atom stereocenters. The van der Waals surface area contributed by atoms with Crippen molar-refractivity contribution in [2.24, 2.45) is 0 Å². The molecule has 0 atom stereocenters. The van der Waals surface area contributed by atoms with Gasteiger partial charge in [0.2, 0.25) is 0 Å². The van der Waals surface area contributed by atoms with Gasteiger partial charge in [0.15, 0.2) is 5.78 Å². The van der Waals surface area contributed by atoms with Gasteiger partial charge in [0.1, 0.15) is 0 Å². The van der Waals surface area contributed by atoms with E-state index in [-0.39, 0.29) is 18.2 Å². The molecule has 0 N–H and O–H groups in total. The van der Waals surface area contributed by atoms with E-state index in [1.165, 1.54) is 7.11 Å². The van der Waals surface area contributed by atoms with Gasteiger partial charge >= 0.3 is 5.97 Å². The van der Waals surface area contributed by atoms with E-state index in [4.69, 9.17) is 0 Å². The molecule has 0 aromatic heterocycles. The zero-order valence-corrected chi connectivity index (χ0v) is 9.73. The minimum atomic E-state index is -0.259. The monoisotopic (exact) mass is 230 g/mol. The van der Waals surface area contributed by atoms with E-state index < -0.39 is 0 Å². The second-order valence-electron chi connectivity index (χ2n) is 3.98. The molecule has 1 aromatic carbocycles. The van der Waals surface area contributed by atoms with Crippen LogP contribution in [-0.4, -0.2) is 18.9 Å². The molecule has 3 heteroatoms. The van der Waals surface area contributed by atoms with Crippen molar-refractivity contribution in [3.05, 3.63) is 41.0 Å². The van der Waals surface area contributed by atoms with Crippen molar-refractivity contribution in [1.29, 1.82) is 0 Å². The average Bonchev–Trinajstić information content (AvgIpc) is 2.72. The Hall–Kier alpha value is -1.90. The summed E-state index contributed by atoms with van der Waals surface area (Å²) in [7, 11) is 1.37. The average molecular weight is 230 g/mol. The summed E-state index contributed by atoms with van der Waals surface area (Å²) >= 11 is 0. The van der Waals surface area contributed by atoms with Crippen LogP contribution in [0.25, 0.3) is 6.08 Å². The smallest absolute Gasteiger partial charge is 0.309 e. The zero-order chi connectivity index (χ0) is 12.3. The standard InChI is InChI=1S/C14H14O3/c1-17-14(16)7-3-5-10-4-2-6-12-11(10)8-9-13(12)15/h2-6H,7-9H2,1H3. The SMILES string of the molecule is COC(=O)CC=Cc1cccc2c1CCC2=O. The van der Waals surface area contributed by atoms with Gasteiger partial charge in [0.25, 0.3) is 0 Å². The second-order valence-corrected chi connectivity index (χ2v) is 3.98. The maximum absolute atomic E-state index is 11.5. The van der Waals surface area contributed by atoms with Crippen molar-refractivity contribution in [3.63, 3.8) is 0 Å². The molecule has 0 spiro atoms. The predicted molar refractivity (Wildman–Crippen MR) is 64.8 cm³/mol. The van der Waals surface area contributed by atoms with Gasteiger partial charge in [-0.3, -0.25) is 9.59 Å². The molecule has 1 aliphatic carbocycles. The first-order valence-electron chi connectivity index (χ1n) is 5.61.